The summed E-state index contributed by atoms with van der Waals surface area (Å²) in [6.07, 6.45) is 1.36. The first-order valence-electron chi connectivity index (χ1n) is 6.94. The van der Waals surface area contributed by atoms with Crippen molar-refractivity contribution in [3.63, 3.8) is 0 Å². The van der Waals surface area contributed by atoms with Gasteiger partial charge in [-0.15, -0.1) is 0 Å². The second kappa shape index (κ2) is 8.55. The van der Waals surface area contributed by atoms with Crippen molar-refractivity contribution in [1.82, 2.24) is 4.90 Å². The summed E-state index contributed by atoms with van der Waals surface area (Å²) in [7, 11) is 1.26. The Balaban J connectivity index is 4.97. The Hall–Kier alpha value is -1.59. The van der Waals surface area contributed by atoms with Gasteiger partial charge in [-0.25, -0.2) is 0 Å². The van der Waals surface area contributed by atoms with Crippen molar-refractivity contribution in [2.24, 2.45) is 5.41 Å². The Labute approximate surface area is 120 Å². The summed E-state index contributed by atoms with van der Waals surface area (Å²) in [6.45, 7) is 5.69. The number of nitrogens with zero attached hydrogens (tertiary/aromatic N) is 1. The number of carbonyl (C=O) groups is 3. The molecule has 0 saturated heterocycles. The molecule has 116 valence electrons. The zero-order chi connectivity index (χ0) is 15.8. The first-order valence-corrected chi connectivity index (χ1v) is 6.94. The molecule has 0 aliphatic rings. The number of ether oxygens (including phenoxy) is 1. The summed E-state index contributed by atoms with van der Waals surface area (Å²) >= 11 is 0. The molecule has 1 amide bonds. The van der Waals surface area contributed by atoms with E-state index >= 15 is 0 Å². The predicted molar refractivity (Wildman–Crippen MR) is 74.2 cm³/mol. The molecule has 6 heteroatoms. The van der Waals surface area contributed by atoms with Crippen LogP contribution in [0.1, 0.15) is 46.5 Å². The fourth-order valence-corrected chi connectivity index (χ4v) is 2.06. The van der Waals surface area contributed by atoms with E-state index in [4.69, 9.17) is 0 Å². The summed E-state index contributed by atoms with van der Waals surface area (Å²) in [5.41, 5.74) is -1.06. The van der Waals surface area contributed by atoms with Gasteiger partial charge in [0, 0.05) is 13.0 Å². The molecule has 20 heavy (non-hydrogen) atoms. The summed E-state index contributed by atoms with van der Waals surface area (Å²) < 4.78 is 4.56. The van der Waals surface area contributed by atoms with E-state index in [0.29, 0.717) is 25.8 Å². The van der Waals surface area contributed by atoms with Crippen LogP contribution in [0.4, 0.5) is 0 Å². The molecule has 0 unspecified atom stereocenters. The number of carboxylic acid groups (broad SMARTS) is 1. The van der Waals surface area contributed by atoms with E-state index in [-0.39, 0.29) is 18.9 Å². The molecule has 0 bridgehead atoms. The number of methoxy groups -OCH3 is 1. The first kappa shape index (κ1) is 18.4. The van der Waals surface area contributed by atoms with Crippen LogP contribution in [0, 0.1) is 5.41 Å². The number of hydrogen-bond acceptors (Lipinski definition) is 4. The smallest absolute Gasteiger partial charge is 0.325 e. The summed E-state index contributed by atoms with van der Waals surface area (Å²) in [6, 6.07) is 0. The van der Waals surface area contributed by atoms with Gasteiger partial charge >= 0.3 is 11.9 Å². The van der Waals surface area contributed by atoms with Gasteiger partial charge in [-0.05, 0) is 19.3 Å². The molecule has 0 aromatic rings. The number of rotatable bonds is 9. The molecule has 0 saturated carbocycles. The van der Waals surface area contributed by atoms with E-state index in [1.54, 1.807) is 13.8 Å². The second-order valence-corrected chi connectivity index (χ2v) is 4.86. The fraction of sp³-hybridized carbons (Fsp3) is 0.786. The number of carboxylic acids is 1. The SMILES string of the molecule is CCCN(CC(=O)OC)C(=O)CC(CC)(CC)C(=O)O. The van der Waals surface area contributed by atoms with Crippen molar-refractivity contribution in [1.29, 1.82) is 0 Å². The Morgan fingerprint density at radius 2 is 1.70 bits per heavy atom. The monoisotopic (exact) mass is 287 g/mol. The van der Waals surface area contributed by atoms with Crippen molar-refractivity contribution >= 4 is 17.8 Å². The summed E-state index contributed by atoms with van der Waals surface area (Å²) in [5.74, 6) is -1.78. The summed E-state index contributed by atoms with van der Waals surface area (Å²) in [5, 5.41) is 9.35. The third-order valence-corrected chi connectivity index (χ3v) is 3.69. The first-order chi connectivity index (χ1) is 9.36. The van der Waals surface area contributed by atoms with Crippen molar-refractivity contribution in [3.8, 4) is 0 Å². The van der Waals surface area contributed by atoms with Gasteiger partial charge < -0.3 is 14.7 Å². The molecule has 0 heterocycles. The Morgan fingerprint density at radius 1 is 1.15 bits per heavy atom. The molecular weight excluding hydrogens is 262 g/mol. The van der Waals surface area contributed by atoms with E-state index in [2.05, 4.69) is 4.74 Å². The van der Waals surface area contributed by atoms with Crippen molar-refractivity contribution < 1.29 is 24.2 Å². The maximum absolute atomic E-state index is 12.3. The average Bonchev–Trinajstić information content (AvgIpc) is 2.43. The Morgan fingerprint density at radius 3 is 2.05 bits per heavy atom. The lowest BCUT2D eigenvalue weighted by Gasteiger charge is -2.29. The normalized spacial score (nSPS) is 11.0. The van der Waals surface area contributed by atoms with Gasteiger partial charge in [0.1, 0.15) is 6.54 Å². The molecule has 0 aliphatic heterocycles. The van der Waals surface area contributed by atoms with Gasteiger partial charge in [0.15, 0.2) is 0 Å². The fourth-order valence-electron chi connectivity index (χ4n) is 2.06. The van der Waals surface area contributed by atoms with Crippen LogP contribution in [0.5, 0.6) is 0 Å². The van der Waals surface area contributed by atoms with Crippen molar-refractivity contribution in [2.45, 2.75) is 46.5 Å². The Bertz CT molecular complexity index is 349. The van der Waals surface area contributed by atoms with Crippen LogP contribution in [0.3, 0.4) is 0 Å². The molecule has 6 nitrogen and oxygen atoms in total. The lowest BCUT2D eigenvalue weighted by molar-refractivity contribution is -0.155. The molecule has 0 fully saturated rings. The van der Waals surface area contributed by atoms with Crippen LogP contribution in [0.15, 0.2) is 0 Å². The lowest BCUT2D eigenvalue weighted by Crippen LogP contribution is -2.42. The molecule has 0 spiro atoms. The van der Waals surface area contributed by atoms with Crippen LogP contribution in [-0.4, -0.2) is 48.1 Å². The molecule has 0 radical (unpaired) electrons. The highest BCUT2D eigenvalue weighted by Gasteiger charge is 2.38. The van der Waals surface area contributed by atoms with E-state index in [0.717, 1.165) is 0 Å². The zero-order valence-corrected chi connectivity index (χ0v) is 12.8. The minimum Gasteiger partial charge on any atom is -0.481 e. The van der Waals surface area contributed by atoms with Gasteiger partial charge in [0.25, 0.3) is 0 Å². The molecule has 1 N–H and O–H groups in total. The van der Waals surface area contributed by atoms with Crippen LogP contribution >= 0.6 is 0 Å². The number of amides is 1. The molecule has 0 aliphatic carbocycles. The minimum absolute atomic E-state index is 0.0909. The van der Waals surface area contributed by atoms with Crippen molar-refractivity contribution in [2.75, 3.05) is 20.2 Å². The standard InChI is InChI=1S/C14H25NO5/c1-5-8-15(10-12(17)20-4)11(16)9-14(6-2,7-3)13(18)19/h5-10H2,1-4H3,(H,18,19). The van der Waals surface area contributed by atoms with E-state index in [1.165, 1.54) is 12.0 Å². The van der Waals surface area contributed by atoms with E-state index in [1.807, 2.05) is 6.92 Å². The van der Waals surface area contributed by atoms with E-state index < -0.39 is 17.4 Å². The molecule has 0 aromatic carbocycles. The van der Waals surface area contributed by atoms with Crippen LogP contribution in [0.2, 0.25) is 0 Å². The highest BCUT2D eigenvalue weighted by Crippen LogP contribution is 2.31. The van der Waals surface area contributed by atoms with Crippen LogP contribution < -0.4 is 0 Å². The maximum Gasteiger partial charge on any atom is 0.325 e. The third-order valence-electron chi connectivity index (χ3n) is 3.69. The van der Waals surface area contributed by atoms with Crippen LogP contribution in [0.25, 0.3) is 0 Å². The number of carbonyl (C=O) groups excluding carboxylic acids is 2. The van der Waals surface area contributed by atoms with Gasteiger partial charge in [-0.1, -0.05) is 20.8 Å². The van der Waals surface area contributed by atoms with Gasteiger partial charge in [-0.2, -0.15) is 0 Å². The predicted octanol–water partition coefficient (Wildman–Crippen LogP) is 1.68. The lowest BCUT2D eigenvalue weighted by atomic mass is 9.79. The third kappa shape index (κ3) is 4.83. The summed E-state index contributed by atoms with van der Waals surface area (Å²) in [4.78, 5) is 36.4. The quantitative estimate of drug-likeness (QED) is 0.652. The van der Waals surface area contributed by atoms with Gasteiger partial charge in [-0.3, -0.25) is 14.4 Å². The molecular formula is C14H25NO5. The average molecular weight is 287 g/mol. The molecule has 0 atom stereocenters. The number of aliphatic carboxylic acids is 1. The zero-order valence-electron chi connectivity index (χ0n) is 12.8. The van der Waals surface area contributed by atoms with Gasteiger partial charge in [0.05, 0.1) is 12.5 Å². The topological polar surface area (TPSA) is 83.9 Å². The molecule has 0 rings (SSSR count). The van der Waals surface area contributed by atoms with Crippen LogP contribution in [-0.2, 0) is 19.1 Å². The highest BCUT2D eigenvalue weighted by molar-refractivity contribution is 5.87. The highest BCUT2D eigenvalue weighted by atomic mass is 16.5. The maximum atomic E-state index is 12.3. The van der Waals surface area contributed by atoms with Gasteiger partial charge in [0.2, 0.25) is 5.91 Å². The largest absolute Gasteiger partial charge is 0.481 e. The minimum atomic E-state index is -1.06. The Kier molecular flexibility index (Phi) is 7.87. The second-order valence-electron chi connectivity index (χ2n) is 4.86. The molecule has 0 aromatic heterocycles. The van der Waals surface area contributed by atoms with Crippen molar-refractivity contribution in [3.05, 3.63) is 0 Å². The number of esters is 1. The number of hydrogen-bond donors (Lipinski definition) is 1. The van der Waals surface area contributed by atoms with E-state index in [9.17, 15) is 19.5 Å².